The lowest BCUT2D eigenvalue weighted by Crippen LogP contribution is -2.43. The summed E-state index contributed by atoms with van der Waals surface area (Å²) in [6, 6.07) is 3.74. The van der Waals surface area contributed by atoms with Crippen molar-refractivity contribution in [3.05, 3.63) is 36.0 Å². The number of pyridine rings is 1. The maximum Gasteiger partial charge on any atom is 0.233 e. The molecule has 2 bridgehead atoms. The van der Waals surface area contributed by atoms with Crippen molar-refractivity contribution in [1.82, 2.24) is 20.5 Å². The van der Waals surface area contributed by atoms with Gasteiger partial charge in [0.15, 0.2) is 5.96 Å². The summed E-state index contributed by atoms with van der Waals surface area (Å²) in [4.78, 5) is 35.1. The van der Waals surface area contributed by atoms with E-state index in [0.29, 0.717) is 31.5 Å². The van der Waals surface area contributed by atoms with Crippen LogP contribution >= 0.6 is 24.0 Å². The van der Waals surface area contributed by atoms with Gasteiger partial charge in [0, 0.05) is 38.9 Å². The van der Waals surface area contributed by atoms with Crippen LogP contribution in [0.25, 0.3) is 0 Å². The predicted molar refractivity (Wildman–Crippen MR) is 119 cm³/mol. The van der Waals surface area contributed by atoms with Gasteiger partial charge >= 0.3 is 0 Å². The minimum Gasteiger partial charge on any atom is -0.481 e. The molecule has 9 heteroatoms. The number of aromatic nitrogens is 1. The van der Waals surface area contributed by atoms with E-state index < -0.39 is 0 Å². The molecule has 4 rings (SSSR count). The fraction of sp³-hybridized carbons (Fsp3) is 0.500. The minimum atomic E-state index is -0.137. The zero-order chi connectivity index (χ0) is 19.7. The molecular weight excluding hydrogens is 485 g/mol. The largest absolute Gasteiger partial charge is 0.481 e. The zero-order valence-corrected chi connectivity index (χ0v) is 18.8. The number of amides is 2. The highest BCUT2D eigenvalue weighted by Crippen LogP contribution is 2.52. The van der Waals surface area contributed by atoms with Crippen molar-refractivity contribution in [2.45, 2.75) is 13.0 Å². The van der Waals surface area contributed by atoms with Crippen LogP contribution in [0.3, 0.4) is 0 Å². The Morgan fingerprint density at radius 1 is 1.24 bits per heavy atom. The lowest BCUT2D eigenvalue weighted by molar-refractivity contribution is -0.140. The number of guanidine groups is 1. The van der Waals surface area contributed by atoms with Gasteiger partial charge in [-0.3, -0.25) is 19.5 Å². The fourth-order valence-corrected chi connectivity index (χ4v) is 4.55. The molecule has 2 N–H and O–H groups in total. The Morgan fingerprint density at radius 3 is 2.55 bits per heavy atom. The third kappa shape index (κ3) is 4.10. The first kappa shape index (κ1) is 21.5. The number of allylic oxidation sites excluding steroid dienone is 2. The molecule has 2 aliphatic carbocycles. The lowest BCUT2D eigenvalue weighted by Gasteiger charge is -2.18. The summed E-state index contributed by atoms with van der Waals surface area (Å²) in [6.45, 7) is 1.37. The summed E-state index contributed by atoms with van der Waals surface area (Å²) in [5, 5.41) is 6.38. The number of likely N-dealkylation sites (tertiary alicyclic amines) is 1. The number of halogens is 1. The number of carbonyl (C=O) groups is 2. The minimum absolute atomic E-state index is 0. The third-order valence-electron chi connectivity index (χ3n) is 5.88. The molecule has 2 amide bonds. The summed E-state index contributed by atoms with van der Waals surface area (Å²) < 4.78 is 5.12. The van der Waals surface area contributed by atoms with Gasteiger partial charge in [0.05, 0.1) is 18.9 Å². The van der Waals surface area contributed by atoms with Crippen LogP contribution < -0.4 is 15.4 Å². The molecular formula is C20H26IN5O3. The van der Waals surface area contributed by atoms with E-state index in [4.69, 9.17) is 4.74 Å². The molecule has 2 heterocycles. The molecule has 0 radical (unpaired) electrons. The van der Waals surface area contributed by atoms with Crippen LogP contribution in [0.5, 0.6) is 5.88 Å². The van der Waals surface area contributed by atoms with Crippen molar-refractivity contribution in [3.8, 4) is 5.88 Å². The number of aliphatic imine (C=N–C) groups is 1. The fourth-order valence-electron chi connectivity index (χ4n) is 4.55. The second-order valence-corrected chi connectivity index (χ2v) is 7.39. The van der Waals surface area contributed by atoms with Crippen LogP contribution in [-0.4, -0.2) is 54.9 Å². The Bertz CT molecular complexity index is 813. The number of hydrogen-bond donors (Lipinski definition) is 2. The van der Waals surface area contributed by atoms with Gasteiger partial charge in [-0.1, -0.05) is 12.2 Å². The SMILES string of the molecule is CN=C(NCCN1C(=O)C2C3C=CC(C3)C2C1=O)NCc1ccnc(OC)c1.I. The average Bonchev–Trinajstić information content (AvgIpc) is 3.40. The topological polar surface area (TPSA) is 95.9 Å². The van der Waals surface area contributed by atoms with Gasteiger partial charge in [0.2, 0.25) is 17.7 Å². The molecule has 1 aromatic heterocycles. The standard InChI is InChI=1S/C20H25N5O3.HI/c1-21-20(24-11-12-5-6-22-15(9-12)28-2)23-7-8-25-18(26)16-13-3-4-14(10-13)17(16)19(25)27;/h3-6,9,13-14,16-17H,7-8,10-11H2,1-2H3,(H2,21,23,24);1H. The quantitative estimate of drug-likeness (QED) is 0.196. The number of rotatable bonds is 6. The van der Waals surface area contributed by atoms with Crippen LogP contribution in [0.2, 0.25) is 0 Å². The molecule has 156 valence electrons. The van der Waals surface area contributed by atoms with E-state index in [9.17, 15) is 9.59 Å². The molecule has 4 atom stereocenters. The highest BCUT2D eigenvalue weighted by Gasteiger charge is 2.58. The first-order valence-electron chi connectivity index (χ1n) is 9.59. The maximum atomic E-state index is 12.7. The second kappa shape index (κ2) is 9.10. The number of ether oxygens (including phenoxy) is 1. The molecule has 1 aliphatic heterocycles. The second-order valence-electron chi connectivity index (χ2n) is 7.39. The molecule has 1 aromatic rings. The number of carbonyl (C=O) groups excluding carboxylic acids is 2. The van der Waals surface area contributed by atoms with Crippen LogP contribution in [0.1, 0.15) is 12.0 Å². The highest BCUT2D eigenvalue weighted by molar-refractivity contribution is 14.0. The Morgan fingerprint density at radius 2 is 1.93 bits per heavy atom. The van der Waals surface area contributed by atoms with Crippen molar-refractivity contribution in [2.24, 2.45) is 28.7 Å². The predicted octanol–water partition coefficient (Wildman–Crippen LogP) is 1.18. The molecule has 0 aromatic carbocycles. The van der Waals surface area contributed by atoms with E-state index >= 15 is 0 Å². The summed E-state index contributed by atoms with van der Waals surface area (Å²) in [5.41, 5.74) is 1.01. The Hall–Kier alpha value is -2.17. The van der Waals surface area contributed by atoms with E-state index in [-0.39, 0.29) is 59.5 Å². The van der Waals surface area contributed by atoms with Crippen LogP contribution in [0.15, 0.2) is 35.5 Å². The number of hydrogen-bond acceptors (Lipinski definition) is 5. The number of fused-ring (bicyclic) bond motifs is 5. The van der Waals surface area contributed by atoms with Crippen molar-refractivity contribution in [3.63, 3.8) is 0 Å². The van der Waals surface area contributed by atoms with E-state index in [1.54, 1.807) is 20.4 Å². The smallest absolute Gasteiger partial charge is 0.233 e. The summed E-state index contributed by atoms with van der Waals surface area (Å²) in [6.07, 6.45) is 6.86. The molecule has 0 spiro atoms. The van der Waals surface area contributed by atoms with Crippen LogP contribution in [0.4, 0.5) is 0 Å². The van der Waals surface area contributed by atoms with E-state index in [0.717, 1.165) is 12.0 Å². The van der Waals surface area contributed by atoms with Crippen molar-refractivity contribution >= 4 is 41.8 Å². The number of imide groups is 1. The maximum absolute atomic E-state index is 12.7. The third-order valence-corrected chi connectivity index (χ3v) is 5.88. The highest BCUT2D eigenvalue weighted by atomic mass is 127. The Kier molecular flexibility index (Phi) is 6.76. The normalized spacial score (nSPS) is 27.1. The molecule has 1 saturated heterocycles. The Labute approximate surface area is 187 Å². The van der Waals surface area contributed by atoms with Gasteiger partial charge < -0.3 is 15.4 Å². The summed E-state index contributed by atoms with van der Waals surface area (Å²) >= 11 is 0. The summed E-state index contributed by atoms with van der Waals surface area (Å²) in [5.74, 6) is 1.36. The first-order chi connectivity index (χ1) is 13.6. The van der Waals surface area contributed by atoms with E-state index in [1.165, 1.54) is 4.90 Å². The van der Waals surface area contributed by atoms with Gasteiger partial charge in [0.25, 0.3) is 0 Å². The molecule has 1 saturated carbocycles. The molecule has 4 unspecified atom stereocenters. The molecule has 2 fully saturated rings. The van der Waals surface area contributed by atoms with Gasteiger partial charge in [-0.15, -0.1) is 24.0 Å². The molecule has 3 aliphatic rings. The average molecular weight is 511 g/mol. The van der Waals surface area contributed by atoms with Crippen molar-refractivity contribution in [1.29, 1.82) is 0 Å². The van der Waals surface area contributed by atoms with Crippen LogP contribution in [-0.2, 0) is 16.1 Å². The van der Waals surface area contributed by atoms with Crippen LogP contribution in [0, 0.1) is 23.7 Å². The lowest BCUT2D eigenvalue weighted by atomic mass is 9.85. The number of nitrogens with one attached hydrogen (secondary N) is 2. The first-order valence-corrected chi connectivity index (χ1v) is 9.59. The van der Waals surface area contributed by atoms with Gasteiger partial charge in [-0.05, 0) is 29.9 Å². The Balaban J connectivity index is 0.00000240. The van der Waals surface area contributed by atoms with E-state index in [1.807, 2.05) is 12.1 Å². The van der Waals surface area contributed by atoms with Gasteiger partial charge in [-0.25, -0.2) is 4.98 Å². The van der Waals surface area contributed by atoms with Gasteiger partial charge in [0.1, 0.15) is 0 Å². The number of methoxy groups -OCH3 is 1. The zero-order valence-electron chi connectivity index (χ0n) is 16.5. The number of nitrogens with zero attached hydrogens (tertiary/aromatic N) is 3. The molecule has 8 nitrogen and oxygen atoms in total. The van der Waals surface area contributed by atoms with Crippen molar-refractivity contribution < 1.29 is 14.3 Å². The summed E-state index contributed by atoms with van der Waals surface area (Å²) in [7, 11) is 3.26. The molecule has 29 heavy (non-hydrogen) atoms. The van der Waals surface area contributed by atoms with Crippen molar-refractivity contribution in [2.75, 3.05) is 27.2 Å². The van der Waals surface area contributed by atoms with E-state index in [2.05, 4.69) is 32.8 Å². The monoisotopic (exact) mass is 511 g/mol. The van der Waals surface area contributed by atoms with Gasteiger partial charge in [-0.2, -0.15) is 0 Å².